The molecule has 1 aliphatic rings. The van der Waals surface area contributed by atoms with Crippen molar-refractivity contribution in [3.63, 3.8) is 0 Å². The van der Waals surface area contributed by atoms with Gasteiger partial charge >= 0.3 is 0 Å². The van der Waals surface area contributed by atoms with Crippen molar-refractivity contribution >= 4 is 21.7 Å². The van der Waals surface area contributed by atoms with E-state index in [2.05, 4.69) is 39.2 Å². The molecule has 0 radical (unpaired) electrons. The van der Waals surface area contributed by atoms with E-state index in [1.54, 1.807) is 0 Å². The van der Waals surface area contributed by atoms with Gasteiger partial charge in [0, 0.05) is 23.3 Å². The third kappa shape index (κ3) is 3.68. The van der Waals surface area contributed by atoms with E-state index in [-0.39, 0.29) is 0 Å². The fourth-order valence-corrected chi connectivity index (χ4v) is 2.80. The minimum absolute atomic E-state index is 0.429. The zero-order valence-corrected chi connectivity index (χ0v) is 11.8. The first-order valence-electron chi connectivity index (χ1n) is 6.26. The molecule has 0 amide bonds. The highest BCUT2D eigenvalue weighted by Gasteiger charge is 2.18. The molecule has 0 unspecified atom stereocenters. The Morgan fingerprint density at radius 3 is 2.76 bits per heavy atom. The van der Waals surface area contributed by atoms with Crippen LogP contribution in [0.15, 0.2) is 16.7 Å². The Bertz CT molecular complexity index is 373. The van der Waals surface area contributed by atoms with E-state index in [9.17, 15) is 0 Å². The molecule has 0 spiro atoms. The van der Waals surface area contributed by atoms with Gasteiger partial charge in [-0.1, -0.05) is 0 Å². The van der Waals surface area contributed by atoms with Gasteiger partial charge in [-0.25, -0.2) is 4.98 Å². The van der Waals surface area contributed by atoms with Crippen molar-refractivity contribution < 1.29 is 0 Å². The summed E-state index contributed by atoms with van der Waals surface area (Å²) >= 11 is 3.43. The summed E-state index contributed by atoms with van der Waals surface area (Å²) in [5.41, 5.74) is 7.09. The fourth-order valence-electron chi connectivity index (χ4n) is 2.36. The lowest BCUT2D eigenvalue weighted by molar-refractivity contribution is 0.338. The van der Waals surface area contributed by atoms with Crippen LogP contribution in [0, 0.1) is 12.8 Å². The van der Waals surface area contributed by atoms with Crippen molar-refractivity contribution in [3.05, 3.63) is 22.3 Å². The first-order chi connectivity index (χ1) is 8.15. The van der Waals surface area contributed by atoms with Crippen LogP contribution in [0.4, 0.5) is 5.82 Å². The van der Waals surface area contributed by atoms with Crippen molar-refractivity contribution in [1.82, 2.24) is 4.98 Å². The molecule has 1 aromatic rings. The van der Waals surface area contributed by atoms with Crippen molar-refractivity contribution in [2.24, 2.45) is 11.7 Å². The maximum Gasteiger partial charge on any atom is 0.128 e. The highest BCUT2D eigenvalue weighted by atomic mass is 79.9. The lowest BCUT2D eigenvalue weighted by Gasteiger charge is -2.26. The summed E-state index contributed by atoms with van der Waals surface area (Å²) in [4.78, 5) is 4.39. The second kappa shape index (κ2) is 5.83. The number of nitrogens with one attached hydrogen (secondary N) is 1. The maximum atomic E-state index is 5.91. The van der Waals surface area contributed by atoms with Gasteiger partial charge in [-0.2, -0.15) is 0 Å². The summed E-state index contributed by atoms with van der Waals surface area (Å²) in [6, 6.07) is 2.52. The normalized spacial score (nSPS) is 24.6. The van der Waals surface area contributed by atoms with Crippen LogP contribution in [0.5, 0.6) is 0 Å². The molecule has 0 bridgehead atoms. The van der Waals surface area contributed by atoms with E-state index in [0.29, 0.717) is 6.04 Å². The quantitative estimate of drug-likeness (QED) is 0.901. The standard InChI is InChI=1S/C13H20BrN3/c1-9-6-11(14)8-17-13(9)16-7-10-2-4-12(15)5-3-10/h6,8,10,12H,2-5,7,15H2,1H3,(H,16,17). The van der Waals surface area contributed by atoms with E-state index >= 15 is 0 Å². The lowest BCUT2D eigenvalue weighted by atomic mass is 9.86. The number of nitrogens with two attached hydrogens (primary N) is 1. The van der Waals surface area contributed by atoms with Gasteiger partial charge in [0.1, 0.15) is 5.82 Å². The highest BCUT2D eigenvalue weighted by Crippen LogP contribution is 2.24. The first-order valence-corrected chi connectivity index (χ1v) is 7.06. The molecule has 1 saturated carbocycles. The predicted molar refractivity (Wildman–Crippen MR) is 75.1 cm³/mol. The molecule has 4 heteroatoms. The number of anilines is 1. The molecule has 1 fully saturated rings. The van der Waals surface area contributed by atoms with Crippen LogP contribution >= 0.6 is 15.9 Å². The van der Waals surface area contributed by atoms with E-state index in [1.165, 1.54) is 31.2 Å². The molecule has 2 rings (SSSR count). The Morgan fingerprint density at radius 2 is 2.12 bits per heavy atom. The Hall–Kier alpha value is -0.610. The molecule has 3 nitrogen and oxygen atoms in total. The van der Waals surface area contributed by atoms with E-state index in [0.717, 1.165) is 22.8 Å². The molecule has 0 aromatic carbocycles. The number of aromatic nitrogens is 1. The summed E-state index contributed by atoms with van der Waals surface area (Å²) in [5.74, 6) is 1.75. The van der Waals surface area contributed by atoms with Gasteiger partial charge in [0.05, 0.1) is 0 Å². The second-order valence-electron chi connectivity index (χ2n) is 4.98. The Kier molecular flexibility index (Phi) is 4.40. The van der Waals surface area contributed by atoms with Gasteiger partial charge in [-0.05, 0) is 66.1 Å². The van der Waals surface area contributed by atoms with Crippen LogP contribution in [0.1, 0.15) is 31.2 Å². The third-order valence-corrected chi connectivity index (χ3v) is 3.93. The van der Waals surface area contributed by atoms with Crippen LogP contribution in [0.25, 0.3) is 0 Å². The largest absolute Gasteiger partial charge is 0.370 e. The Labute approximate surface area is 111 Å². The molecule has 1 aliphatic carbocycles. The summed E-state index contributed by atoms with van der Waals surface area (Å²) in [6.45, 7) is 3.10. The van der Waals surface area contributed by atoms with Crippen LogP contribution in [0.3, 0.4) is 0 Å². The van der Waals surface area contributed by atoms with Crippen LogP contribution in [-0.2, 0) is 0 Å². The third-order valence-electron chi connectivity index (χ3n) is 3.49. The molecule has 1 heterocycles. The van der Waals surface area contributed by atoms with Gasteiger partial charge < -0.3 is 11.1 Å². The molecule has 94 valence electrons. The maximum absolute atomic E-state index is 5.91. The lowest BCUT2D eigenvalue weighted by Crippen LogP contribution is -2.29. The van der Waals surface area contributed by atoms with Crippen LogP contribution in [-0.4, -0.2) is 17.6 Å². The minimum Gasteiger partial charge on any atom is -0.370 e. The summed E-state index contributed by atoms with van der Waals surface area (Å²) in [6.07, 6.45) is 6.65. The topological polar surface area (TPSA) is 50.9 Å². The Morgan fingerprint density at radius 1 is 1.41 bits per heavy atom. The van der Waals surface area contributed by atoms with E-state index < -0.39 is 0 Å². The molecule has 1 aromatic heterocycles. The van der Waals surface area contributed by atoms with Gasteiger partial charge in [0.25, 0.3) is 0 Å². The molecule has 0 saturated heterocycles. The SMILES string of the molecule is Cc1cc(Br)cnc1NCC1CCC(N)CC1. The monoisotopic (exact) mass is 297 g/mol. The number of hydrogen-bond donors (Lipinski definition) is 2. The summed E-state index contributed by atoms with van der Waals surface area (Å²) in [7, 11) is 0. The van der Waals surface area contributed by atoms with Crippen molar-refractivity contribution in [3.8, 4) is 0 Å². The summed E-state index contributed by atoms with van der Waals surface area (Å²) in [5, 5.41) is 3.45. The second-order valence-corrected chi connectivity index (χ2v) is 5.90. The number of aryl methyl sites for hydroxylation is 1. The number of hydrogen-bond acceptors (Lipinski definition) is 3. The van der Waals surface area contributed by atoms with Crippen molar-refractivity contribution in [2.75, 3.05) is 11.9 Å². The molecular formula is C13H20BrN3. The van der Waals surface area contributed by atoms with Crippen molar-refractivity contribution in [2.45, 2.75) is 38.6 Å². The Balaban J connectivity index is 1.85. The smallest absolute Gasteiger partial charge is 0.128 e. The molecule has 17 heavy (non-hydrogen) atoms. The average molecular weight is 298 g/mol. The minimum atomic E-state index is 0.429. The average Bonchev–Trinajstić information content (AvgIpc) is 2.30. The molecule has 0 atom stereocenters. The van der Waals surface area contributed by atoms with Gasteiger partial charge in [0.2, 0.25) is 0 Å². The van der Waals surface area contributed by atoms with E-state index in [1.807, 2.05) is 6.20 Å². The van der Waals surface area contributed by atoms with Crippen LogP contribution in [0.2, 0.25) is 0 Å². The van der Waals surface area contributed by atoms with Gasteiger partial charge in [-0.15, -0.1) is 0 Å². The molecule has 0 aliphatic heterocycles. The fraction of sp³-hybridized carbons (Fsp3) is 0.615. The van der Waals surface area contributed by atoms with Gasteiger partial charge in [0.15, 0.2) is 0 Å². The number of rotatable bonds is 3. The number of pyridine rings is 1. The molecule has 3 N–H and O–H groups in total. The van der Waals surface area contributed by atoms with Crippen molar-refractivity contribution in [1.29, 1.82) is 0 Å². The van der Waals surface area contributed by atoms with Gasteiger partial charge in [-0.3, -0.25) is 0 Å². The zero-order valence-electron chi connectivity index (χ0n) is 10.2. The highest BCUT2D eigenvalue weighted by molar-refractivity contribution is 9.10. The molecular weight excluding hydrogens is 278 g/mol. The number of nitrogens with zero attached hydrogens (tertiary/aromatic N) is 1. The predicted octanol–water partition coefficient (Wildman–Crippen LogP) is 3.08. The summed E-state index contributed by atoms with van der Waals surface area (Å²) < 4.78 is 1.03. The first kappa shape index (κ1) is 12.8. The zero-order chi connectivity index (χ0) is 12.3. The van der Waals surface area contributed by atoms with E-state index in [4.69, 9.17) is 5.73 Å². The number of halogens is 1. The van der Waals surface area contributed by atoms with Crippen LogP contribution < -0.4 is 11.1 Å².